The molecule has 214 valence electrons. The van der Waals surface area contributed by atoms with Gasteiger partial charge in [0.2, 0.25) is 11.8 Å². The van der Waals surface area contributed by atoms with E-state index in [4.69, 9.17) is 9.47 Å². The molecule has 2 fully saturated rings. The van der Waals surface area contributed by atoms with Gasteiger partial charge in [0.1, 0.15) is 28.8 Å². The summed E-state index contributed by atoms with van der Waals surface area (Å²) in [5.41, 5.74) is 0.321. The molecule has 2 saturated heterocycles. The summed E-state index contributed by atoms with van der Waals surface area (Å²) >= 11 is 0. The van der Waals surface area contributed by atoms with Crippen molar-refractivity contribution in [3.63, 3.8) is 0 Å². The number of nitrogens with one attached hydrogen (secondary N) is 1. The smallest absolute Gasteiger partial charge is 0.248 e. The number of rotatable bonds is 10. The van der Waals surface area contributed by atoms with Crippen molar-refractivity contribution in [1.82, 2.24) is 15.1 Å². The van der Waals surface area contributed by atoms with Gasteiger partial charge in [0, 0.05) is 26.2 Å². The summed E-state index contributed by atoms with van der Waals surface area (Å²) in [7, 11) is 1.64. The fourth-order valence-electron chi connectivity index (χ4n) is 5.37. The number of amides is 2. The van der Waals surface area contributed by atoms with Gasteiger partial charge in [-0.3, -0.25) is 14.5 Å². The van der Waals surface area contributed by atoms with Crippen LogP contribution in [0.1, 0.15) is 52.0 Å². The van der Waals surface area contributed by atoms with E-state index < -0.39 is 17.7 Å². The molecule has 2 aliphatic heterocycles. The largest absolute Gasteiger partial charge is 0.497 e. The second kappa shape index (κ2) is 13.5. The monoisotopic (exact) mass is 559 g/mol. The first-order valence-corrected chi connectivity index (χ1v) is 13.7. The van der Waals surface area contributed by atoms with Gasteiger partial charge in [-0.2, -0.15) is 0 Å². The lowest BCUT2D eigenvalue weighted by atomic mass is 9.80. The predicted molar refractivity (Wildman–Crippen MR) is 153 cm³/mol. The van der Waals surface area contributed by atoms with Crippen LogP contribution in [-0.2, 0) is 16.1 Å². The van der Waals surface area contributed by atoms with E-state index in [-0.39, 0.29) is 30.1 Å². The molecule has 0 bridgehead atoms. The van der Waals surface area contributed by atoms with E-state index in [1.807, 2.05) is 50.2 Å². The third-order valence-electron chi connectivity index (χ3n) is 7.83. The zero-order valence-electron chi connectivity index (χ0n) is 23.4. The SMILES string of the molecule is CCCCN1C(=O)[C@@H]([C@H](O)C(C)C)NC(=O)C12CCN(Cc1ccc(Oc3ccc(OC)cc3)cc1)CC2.Cl. The number of halogens is 1. The Labute approximate surface area is 238 Å². The maximum atomic E-state index is 13.5. The van der Waals surface area contributed by atoms with Crippen LogP contribution < -0.4 is 14.8 Å². The van der Waals surface area contributed by atoms with E-state index >= 15 is 0 Å². The highest BCUT2D eigenvalue weighted by molar-refractivity contribution is 6.00. The van der Waals surface area contributed by atoms with Crippen molar-refractivity contribution >= 4 is 24.2 Å². The molecule has 2 heterocycles. The number of hydrogen-bond donors (Lipinski definition) is 2. The van der Waals surface area contributed by atoms with Crippen molar-refractivity contribution in [2.45, 2.75) is 70.7 Å². The van der Waals surface area contributed by atoms with Gasteiger partial charge in [-0.1, -0.05) is 39.3 Å². The van der Waals surface area contributed by atoms with Gasteiger partial charge in [-0.25, -0.2) is 0 Å². The molecule has 2 aliphatic rings. The van der Waals surface area contributed by atoms with Gasteiger partial charge in [-0.15, -0.1) is 12.4 Å². The molecule has 4 rings (SSSR count). The van der Waals surface area contributed by atoms with Gasteiger partial charge < -0.3 is 24.8 Å². The molecule has 2 aromatic rings. The van der Waals surface area contributed by atoms with Crippen molar-refractivity contribution in [1.29, 1.82) is 0 Å². The van der Waals surface area contributed by atoms with Crippen LogP contribution >= 0.6 is 12.4 Å². The van der Waals surface area contributed by atoms with E-state index in [1.54, 1.807) is 12.0 Å². The fraction of sp³-hybridized carbons (Fsp3) is 0.533. The van der Waals surface area contributed by atoms with Gasteiger partial charge in [-0.05, 0) is 67.1 Å². The standard InChI is InChI=1S/C30H41N3O5.ClH/c1-5-6-17-33-28(35)26(27(34)21(2)3)31-29(36)30(33)15-18-32(19-16-30)20-22-7-9-24(10-8-22)38-25-13-11-23(37-4)12-14-25;/h7-14,21,26-27,34H,5-6,15-20H2,1-4H3,(H,31,36);1H/t26-,27-;/m1./s1. The van der Waals surface area contributed by atoms with Crippen molar-refractivity contribution in [3.05, 3.63) is 54.1 Å². The molecule has 2 N–H and O–H groups in total. The molecule has 0 saturated carbocycles. The number of unbranched alkanes of at least 4 members (excludes halogenated alkanes) is 1. The van der Waals surface area contributed by atoms with Crippen molar-refractivity contribution in [2.24, 2.45) is 5.92 Å². The number of likely N-dealkylation sites (tertiary alicyclic amines) is 1. The summed E-state index contributed by atoms with van der Waals surface area (Å²) < 4.78 is 11.1. The Morgan fingerprint density at radius 1 is 1.00 bits per heavy atom. The summed E-state index contributed by atoms with van der Waals surface area (Å²) in [6.07, 6.45) is 2.03. The zero-order chi connectivity index (χ0) is 27.3. The molecule has 2 amide bonds. The molecule has 0 aliphatic carbocycles. The lowest BCUT2D eigenvalue weighted by Crippen LogP contribution is -2.74. The van der Waals surface area contributed by atoms with Gasteiger partial charge in [0.15, 0.2) is 0 Å². The Balaban J connectivity index is 0.00000420. The highest BCUT2D eigenvalue weighted by atomic mass is 35.5. The lowest BCUT2D eigenvalue weighted by Gasteiger charge is -2.52. The quantitative estimate of drug-likeness (QED) is 0.449. The molecular formula is C30H42ClN3O5. The molecule has 39 heavy (non-hydrogen) atoms. The van der Waals surface area contributed by atoms with Crippen LogP contribution in [0.25, 0.3) is 0 Å². The minimum atomic E-state index is -0.898. The number of carbonyl (C=O) groups is 2. The second-order valence-electron chi connectivity index (χ2n) is 10.8. The second-order valence-corrected chi connectivity index (χ2v) is 10.8. The van der Waals surface area contributed by atoms with Crippen LogP contribution in [0.2, 0.25) is 0 Å². The normalized spacial score (nSPS) is 19.9. The number of aliphatic hydroxyl groups excluding tert-OH is 1. The average Bonchev–Trinajstić information content (AvgIpc) is 2.93. The van der Waals surface area contributed by atoms with Crippen molar-refractivity contribution < 1.29 is 24.2 Å². The molecule has 0 radical (unpaired) electrons. The van der Waals surface area contributed by atoms with E-state index in [1.165, 1.54) is 0 Å². The molecule has 2 atom stereocenters. The number of ether oxygens (including phenoxy) is 2. The molecular weight excluding hydrogens is 518 g/mol. The topological polar surface area (TPSA) is 91.3 Å². The number of piperidine rings is 1. The van der Waals surface area contributed by atoms with Crippen molar-refractivity contribution in [3.8, 4) is 17.2 Å². The molecule has 9 heteroatoms. The number of piperazine rings is 1. The van der Waals surface area contributed by atoms with Crippen LogP contribution in [0, 0.1) is 5.92 Å². The maximum absolute atomic E-state index is 13.5. The third-order valence-corrected chi connectivity index (χ3v) is 7.83. The fourth-order valence-corrected chi connectivity index (χ4v) is 5.37. The summed E-state index contributed by atoms with van der Waals surface area (Å²) in [4.78, 5) is 31.1. The number of methoxy groups -OCH3 is 1. The van der Waals surface area contributed by atoms with E-state index in [9.17, 15) is 14.7 Å². The van der Waals surface area contributed by atoms with Crippen LogP contribution in [0.5, 0.6) is 17.2 Å². The Morgan fingerprint density at radius 2 is 1.56 bits per heavy atom. The highest BCUT2D eigenvalue weighted by Gasteiger charge is 2.54. The van der Waals surface area contributed by atoms with E-state index in [0.29, 0.717) is 32.5 Å². The number of carbonyl (C=O) groups excluding carboxylic acids is 2. The lowest BCUT2D eigenvalue weighted by molar-refractivity contribution is -0.165. The minimum Gasteiger partial charge on any atom is -0.497 e. The van der Waals surface area contributed by atoms with E-state index in [2.05, 4.69) is 29.3 Å². The zero-order valence-corrected chi connectivity index (χ0v) is 24.2. The number of nitrogens with zero attached hydrogens (tertiary/aromatic N) is 2. The molecule has 2 aromatic carbocycles. The predicted octanol–water partition coefficient (Wildman–Crippen LogP) is 4.39. The summed E-state index contributed by atoms with van der Waals surface area (Å²) in [6.45, 7) is 8.53. The summed E-state index contributed by atoms with van der Waals surface area (Å²) in [5.74, 6) is 1.89. The van der Waals surface area contributed by atoms with Crippen LogP contribution in [-0.4, -0.2) is 71.1 Å². The van der Waals surface area contributed by atoms with Crippen molar-refractivity contribution in [2.75, 3.05) is 26.7 Å². The molecule has 0 aromatic heterocycles. The molecule has 1 spiro atoms. The maximum Gasteiger partial charge on any atom is 0.248 e. The highest BCUT2D eigenvalue weighted by Crippen LogP contribution is 2.35. The van der Waals surface area contributed by atoms with E-state index in [0.717, 1.165) is 42.2 Å². The number of aliphatic hydroxyl groups is 1. The van der Waals surface area contributed by atoms with Crippen LogP contribution in [0.4, 0.5) is 0 Å². The van der Waals surface area contributed by atoms with Crippen LogP contribution in [0.15, 0.2) is 48.5 Å². The first kappa shape index (κ1) is 30.7. The van der Waals surface area contributed by atoms with Gasteiger partial charge >= 0.3 is 0 Å². The minimum absolute atomic E-state index is 0. The average molecular weight is 560 g/mol. The molecule has 0 unspecified atom stereocenters. The Morgan fingerprint density at radius 3 is 2.10 bits per heavy atom. The first-order valence-electron chi connectivity index (χ1n) is 13.7. The first-order chi connectivity index (χ1) is 18.3. The number of hydrogen-bond acceptors (Lipinski definition) is 6. The van der Waals surface area contributed by atoms with Gasteiger partial charge in [0.05, 0.1) is 13.2 Å². The molecule has 8 nitrogen and oxygen atoms in total. The summed E-state index contributed by atoms with van der Waals surface area (Å²) in [5, 5.41) is 13.5. The summed E-state index contributed by atoms with van der Waals surface area (Å²) in [6, 6.07) is 14.6. The Hall–Kier alpha value is -2.81. The Bertz CT molecular complexity index is 1080. The third kappa shape index (κ3) is 6.86. The number of benzene rings is 2. The van der Waals surface area contributed by atoms with Crippen LogP contribution in [0.3, 0.4) is 0 Å². The van der Waals surface area contributed by atoms with Gasteiger partial charge in [0.25, 0.3) is 0 Å². The Kier molecular flexibility index (Phi) is 10.6.